The fourth-order valence-electron chi connectivity index (χ4n) is 1.94. The molecule has 7 heteroatoms. The predicted molar refractivity (Wildman–Crippen MR) is 76.3 cm³/mol. The fraction of sp³-hybridized carbons (Fsp3) is 0.0769. The van der Waals surface area contributed by atoms with E-state index in [0.717, 1.165) is 28.2 Å². The molecular formula is C13H13N7. The second-order valence-electron chi connectivity index (χ2n) is 4.27. The summed E-state index contributed by atoms with van der Waals surface area (Å²) in [7, 11) is 1.86. The first kappa shape index (κ1) is 12.1. The van der Waals surface area contributed by atoms with Gasteiger partial charge in [0.15, 0.2) is 0 Å². The van der Waals surface area contributed by atoms with Crippen LogP contribution in [0.5, 0.6) is 0 Å². The van der Waals surface area contributed by atoms with Gasteiger partial charge in [0.2, 0.25) is 0 Å². The van der Waals surface area contributed by atoms with Crippen LogP contribution in [0.25, 0.3) is 5.70 Å². The number of aromatic nitrogens is 4. The molecule has 0 atom stereocenters. The number of hydrogen-bond acceptors (Lipinski definition) is 5. The number of aliphatic imine (C=N–C) groups is 1. The summed E-state index contributed by atoms with van der Waals surface area (Å²) < 4.78 is 1.73. The quantitative estimate of drug-likeness (QED) is 0.726. The third-order valence-electron chi connectivity index (χ3n) is 2.87. The molecule has 100 valence electrons. The molecule has 0 amide bonds. The molecular weight excluding hydrogens is 254 g/mol. The third kappa shape index (κ3) is 2.16. The number of nitrogens with one attached hydrogen (secondary N) is 3. The van der Waals surface area contributed by atoms with Gasteiger partial charge in [-0.05, 0) is 6.08 Å². The minimum atomic E-state index is 0.739. The van der Waals surface area contributed by atoms with Crippen molar-refractivity contribution in [2.75, 3.05) is 0 Å². The number of aromatic amines is 1. The smallest absolute Gasteiger partial charge is 0.0976 e. The lowest BCUT2D eigenvalue weighted by atomic mass is 10.1. The zero-order valence-electron chi connectivity index (χ0n) is 10.8. The Labute approximate surface area is 115 Å². The van der Waals surface area contributed by atoms with Crippen molar-refractivity contribution < 1.29 is 0 Å². The highest BCUT2D eigenvalue weighted by molar-refractivity contribution is 6.16. The molecule has 20 heavy (non-hydrogen) atoms. The molecule has 1 aliphatic heterocycles. The second kappa shape index (κ2) is 4.96. The minimum Gasteiger partial charge on any atom is -0.358 e. The zero-order valence-corrected chi connectivity index (χ0v) is 10.8. The van der Waals surface area contributed by atoms with Gasteiger partial charge in [-0.2, -0.15) is 10.2 Å². The highest BCUT2D eigenvalue weighted by atomic mass is 15.2. The number of hydrogen-bond donors (Lipinski definition) is 3. The lowest BCUT2D eigenvalue weighted by Crippen LogP contribution is -2.21. The topological polar surface area (TPSA) is 94.7 Å². The largest absolute Gasteiger partial charge is 0.358 e. The average Bonchev–Trinajstić information content (AvgIpc) is 3.11. The van der Waals surface area contributed by atoms with Crippen LogP contribution in [0, 0.1) is 5.41 Å². The van der Waals surface area contributed by atoms with Crippen LogP contribution >= 0.6 is 0 Å². The molecule has 0 spiro atoms. The molecule has 7 nitrogen and oxygen atoms in total. The molecule has 3 N–H and O–H groups in total. The van der Waals surface area contributed by atoms with Crippen molar-refractivity contribution in [1.29, 1.82) is 5.41 Å². The maximum absolute atomic E-state index is 7.22. The Morgan fingerprint density at radius 2 is 2.20 bits per heavy atom. The SMILES string of the molecule is Cn1cc(C2=CN/C(=C\C=N)C(c3cn[nH]c3)=N2)cn1. The van der Waals surface area contributed by atoms with Crippen molar-refractivity contribution in [3.05, 3.63) is 53.9 Å². The van der Waals surface area contributed by atoms with Gasteiger partial charge in [-0.15, -0.1) is 0 Å². The first-order valence-electron chi connectivity index (χ1n) is 6.02. The molecule has 3 rings (SSSR count). The van der Waals surface area contributed by atoms with Gasteiger partial charge in [0.25, 0.3) is 0 Å². The van der Waals surface area contributed by atoms with E-state index in [0.29, 0.717) is 0 Å². The van der Waals surface area contributed by atoms with Gasteiger partial charge >= 0.3 is 0 Å². The van der Waals surface area contributed by atoms with Crippen molar-refractivity contribution in [3.63, 3.8) is 0 Å². The molecule has 0 bridgehead atoms. The van der Waals surface area contributed by atoms with Crippen molar-refractivity contribution in [2.24, 2.45) is 12.0 Å². The van der Waals surface area contributed by atoms with E-state index in [4.69, 9.17) is 5.41 Å². The van der Waals surface area contributed by atoms with E-state index in [1.807, 2.05) is 13.2 Å². The lowest BCUT2D eigenvalue weighted by Gasteiger charge is -2.15. The van der Waals surface area contributed by atoms with Crippen LogP contribution in [0.2, 0.25) is 0 Å². The van der Waals surface area contributed by atoms with Gasteiger partial charge in [-0.25, -0.2) is 4.99 Å². The Kier molecular flexibility index (Phi) is 3.00. The predicted octanol–water partition coefficient (Wildman–Crippen LogP) is 1.07. The lowest BCUT2D eigenvalue weighted by molar-refractivity contribution is 0.767. The summed E-state index contributed by atoms with van der Waals surface area (Å²) >= 11 is 0. The van der Waals surface area contributed by atoms with Crippen molar-refractivity contribution in [1.82, 2.24) is 25.3 Å². The Bertz CT molecular complexity index is 716. The summed E-state index contributed by atoms with van der Waals surface area (Å²) in [5.74, 6) is 0. The van der Waals surface area contributed by atoms with Crippen LogP contribution < -0.4 is 5.32 Å². The summed E-state index contributed by atoms with van der Waals surface area (Å²) in [4.78, 5) is 4.64. The summed E-state index contributed by atoms with van der Waals surface area (Å²) in [5.41, 5.74) is 4.07. The second-order valence-corrected chi connectivity index (χ2v) is 4.27. The Balaban J connectivity index is 2.04. The molecule has 1 aliphatic rings. The van der Waals surface area contributed by atoms with Gasteiger partial charge in [-0.1, -0.05) is 0 Å². The fourth-order valence-corrected chi connectivity index (χ4v) is 1.94. The van der Waals surface area contributed by atoms with Crippen LogP contribution in [-0.4, -0.2) is 31.9 Å². The molecule has 0 radical (unpaired) electrons. The van der Waals surface area contributed by atoms with E-state index >= 15 is 0 Å². The van der Waals surface area contributed by atoms with Crippen molar-refractivity contribution in [3.8, 4) is 0 Å². The molecule has 0 saturated carbocycles. The van der Waals surface area contributed by atoms with Crippen LogP contribution in [-0.2, 0) is 7.05 Å². The Hall–Kier alpha value is -2.96. The normalized spacial score (nSPS) is 16.6. The van der Waals surface area contributed by atoms with Crippen LogP contribution in [0.1, 0.15) is 11.1 Å². The van der Waals surface area contributed by atoms with E-state index in [1.165, 1.54) is 6.21 Å². The van der Waals surface area contributed by atoms with Crippen LogP contribution in [0.4, 0.5) is 0 Å². The Morgan fingerprint density at radius 3 is 2.85 bits per heavy atom. The number of nitrogens with zero attached hydrogens (tertiary/aromatic N) is 4. The maximum atomic E-state index is 7.22. The maximum Gasteiger partial charge on any atom is 0.0976 e. The van der Waals surface area contributed by atoms with E-state index in [-0.39, 0.29) is 0 Å². The summed E-state index contributed by atoms with van der Waals surface area (Å²) in [6.07, 6.45) is 11.8. The van der Waals surface area contributed by atoms with E-state index < -0.39 is 0 Å². The molecule has 0 unspecified atom stereocenters. The summed E-state index contributed by atoms with van der Waals surface area (Å²) in [6.45, 7) is 0. The summed E-state index contributed by atoms with van der Waals surface area (Å²) in [6, 6.07) is 0. The van der Waals surface area contributed by atoms with E-state index in [2.05, 4.69) is 25.6 Å². The third-order valence-corrected chi connectivity index (χ3v) is 2.87. The average molecular weight is 267 g/mol. The molecule has 0 fully saturated rings. The highest BCUT2D eigenvalue weighted by Crippen LogP contribution is 2.21. The first-order chi connectivity index (χ1) is 9.78. The van der Waals surface area contributed by atoms with Crippen molar-refractivity contribution >= 4 is 17.6 Å². The monoisotopic (exact) mass is 267 g/mol. The molecule has 0 saturated heterocycles. The summed E-state index contributed by atoms with van der Waals surface area (Å²) in [5, 5.41) is 21.2. The van der Waals surface area contributed by atoms with Gasteiger partial charge < -0.3 is 10.7 Å². The number of aryl methyl sites for hydroxylation is 1. The number of H-pyrrole nitrogens is 1. The molecule has 0 aromatic carbocycles. The molecule has 0 aliphatic carbocycles. The van der Waals surface area contributed by atoms with Gasteiger partial charge in [-0.3, -0.25) is 9.78 Å². The van der Waals surface area contributed by atoms with Crippen LogP contribution in [0.3, 0.4) is 0 Å². The van der Waals surface area contributed by atoms with Gasteiger partial charge in [0.1, 0.15) is 0 Å². The minimum absolute atomic E-state index is 0.739. The van der Waals surface area contributed by atoms with Gasteiger partial charge in [0.05, 0.1) is 29.5 Å². The molecule has 3 heterocycles. The standard InChI is InChI=1S/C13H13N7/c1-20-8-10(6-18-20)12-7-15-11(2-3-14)13(19-12)9-4-16-17-5-9/h2-8,14-15H,1H3,(H,16,17)/b11-2-,14-3?. The zero-order chi connectivity index (χ0) is 13.9. The first-order valence-corrected chi connectivity index (χ1v) is 6.02. The number of allylic oxidation sites excluding steroid dienone is 2. The van der Waals surface area contributed by atoms with E-state index in [1.54, 1.807) is 35.5 Å². The molecule has 2 aromatic heterocycles. The van der Waals surface area contributed by atoms with Gasteiger partial charge in [0, 0.05) is 43.0 Å². The highest BCUT2D eigenvalue weighted by Gasteiger charge is 2.16. The number of rotatable bonds is 3. The van der Waals surface area contributed by atoms with E-state index in [9.17, 15) is 0 Å². The van der Waals surface area contributed by atoms with Crippen molar-refractivity contribution in [2.45, 2.75) is 0 Å². The Morgan fingerprint density at radius 1 is 1.30 bits per heavy atom. The van der Waals surface area contributed by atoms with Crippen LogP contribution in [0.15, 0.2) is 47.8 Å². The molecule has 2 aromatic rings.